The van der Waals surface area contributed by atoms with Crippen molar-refractivity contribution in [1.29, 1.82) is 0 Å². The number of allylic oxidation sites excluding steroid dienone is 7. The van der Waals surface area contributed by atoms with E-state index in [2.05, 4.69) is 66.0 Å². The zero-order chi connectivity index (χ0) is 38.1. The molecule has 0 radical (unpaired) electrons. The molecule has 2 aliphatic rings. The van der Waals surface area contributed by atoms with Crippen molar-refractivity contribution >= 4 is 77.0 Å². The first-order valence-electron chi connectivity index (χ1n) is 18.1. The molecule has 270 valence electrons. The van der Waals surface area contributed by atoms with E-state index in [0.717, 1.165) is 98.7 Å². The summed E-state index contributed by atoms with van der Waals surface area (Å²) < 4.78 is 14.5. The number of benzene rings is 5. The molecule has 6 nitrogen and oxygen atoms in total. The fraction of sp³-hybridized carbons (Fsp3) is 0.0638. The van der Waals surface area contributed by atoms with Crippen LogP contribution in [0.4, 0.5) is 22.7 Å². The third-order valence-corrected chi connectivity index (χ3v) is 11.3. The minimum absolute atomic E-state index is 0.787. The summed E-state index contributed by atoms with van der Waals surface area (Å²) in [7, 11) is 0. The van der Waals surface area contributed by atoms with Crippen molar-refractivity contribution in [3.05, 3.63) is 181 Å². The lowest BCUT2D eigenvalue weighted by molar-refractivity contribution is 0.476. The van der Waals surface area contributed by atoms with Crippen LogP contribution in [0.1, 0.15) is 30.8 Å². The summed E-state index contributed by atoms with van der Waals surface area (Å²) in [6.07, 6.45) is 10.2. The number of nitrogens with zero attached hydrogens (tertiary/aromatic N) is 4. The highest BCUT2D eigenvalue weighted by Gasteiger charge is 2.26. The molecule has 2 aromatic heterocycles. The number of thiazole rings is 2. The molecule has 0 spiro atoms. The zero-order valence-electron chi connectivity index (χ0n) is 30.8. The van der Waals surface area contributed by atoms with E-state index >= 15 is 0 Å². The first-order chi connectivity index (χ1) is 26.9. The Kier molecular flexibility index (Phi) is 9.76. The van der Waals surface area contributed by atoms with Gasteiger partial charge < -0.3 is 19.3 Å². The van der Waals surface area contributed by atoms with Crippen LogP contribution in [0.15, 0.2) is 171 Å². The maximum Gasteiger partial charge on any atom is 0.151 e. The molecule has 55 heavy (non-hydrogen) atoms. The molecule has 5 aromatic carbocycles. The molecule has 8 heteroatoms. The lowest BCUT2D eigenvalue weighted by Crippen LogP contribution is -2.19. The fourth-order valence-corrected chi connectivity index (χ4v) is 8.38. The van der Waals surface area contributed by atoms with Gasteiger partial charge in [-0.05, 0) is 79.7 Å². The lowest BCUT2D eigenvalue weighted by atomic mass is 10.1. The summed E-state index contributed by atoms with van der Waals surface area (Å²) in [5.41, 5.74) is 9.12. The van der Waals surface area contributed by atoms with Gasteiger partial charge in [-0.2, -0.15) is 0 Å². The summed E-state index contributed by atoms with van der Waals surface area (Å²) in [5, 5.41) is 1.71. The van der Waals surface area contributed by atoms with Crippen molar-refractivity contribution in [2.24, 2.45) is 0 Å². The van der Waals surface area contributed by atoms with Gasteiger partial charge in [-0.15, -0.1) is 22.7 Å². The van der Waals surface area contributed by atoms with Crippen LogP contribution >= 0.6 is 22.7 Å². The monoisotopic (exact) mass is 754 g/mol. The summed E-state index contributed by atoms with van der Waals surface area (Å²) in [4.78, 5) is 14.3. The SMILES string of the molecule is C=C(/C=C\C(=C)N1c2ccccc2Oc2ccccc21)c1nc2cc3sc(C(=C)/C=C\C(=C/C)N4c5ccccc5Oc5ccccc54)nc3cc2s1.CC. The molecule has 0 saturated carbocycles. The molecule has 9 rings (SSSR count). The molecular formula is C47H38N4O2S2. The molecule has 0 atom stereocenters. The molecule has 0 unspecified atom stereocenters. The molecule has 0 amide bonds. The van der Waals surface area contributed by atoms with Crippen LogP contribution in [-0.4, -0.2) is 9.97 Å². The van der Waals surface area contributed by atoms with Crippen LogP contribution in [-0.2, 0) is 0 Å². The van der Waals surface area contributed by atoms with Gasteiger partial charge in [-0.3, -0.25) is 0 Å². The Morgan fingerprint density at radius 3 is 1.35 bits per heavy atom. The Morgan fingerprint density at radius 1 is 0.545 bits per heavy atom. The summed E-state index contributed by atoms with van der Waals surface area (Å²) in [5.74, 6) is 3.21. The largest absolute Gasteiger partial charge is 0.453 e. The maximum absolute atomic E-state index is 6.20. The van der Waals surface area contributed by atoms with Gasteiger partial charge in [0.2, 0.25) is 0 Å². The Hall–Kier alpha value is -6.48. The number of anilines is 4. The number of aromatic nitrogens is 2. The average molecular weight is 755 g/mol. The number of ether oxygens (including phenoxy) is 2. The van der Waals surface area contributed by atoms with Gasteiger partial charge in [0, 0.05) is 22.5 Å². The van der Waals surface area contributed by atoms with Crippen LogP contribution in [0, 0.1) is 0 Å². The second-order valence-electron chi connectivity index (χ2n) is 12.5. The average Bonchev–Trinajstić information content (AvgIpc) is 3.85. The second kappa shape index (κ2) is 15.1. The number of hydrogen-bond acceptors (Lipinski definition) is 8. The number of rotatable bonds is 8. The topological polar surface area (TPSA) is 50.7 Å². The first kappa shape index (κ1) is 35.5. The first-order valence-corrected chi connectivity index (χ1v) is 19.7. The van der Waals surface area contributed by atoms with Crippen LogP contribution in [0.5, 0.6) is 23.0 Å². The van der Waals surface area contributed by atoms with E-state index in [1.165, 1.54) is 0 Å². The highest BCUT2D eigenvalue weighted by atomic mass is 32.1. The molecule has 0 N–H and O–H groups in total. The molecular weight excluding hydrogens is 717 g/mol. The van der Waals surface area contributed by atoms with Crippen molar-refractivity contribution in [2.75, 3.05) is 9.80 Å². The Balaban J connectivity index is 0.00000210. The molecule has 2 aliphatic heterocycles. The van der Waals surface area contributed by atoms with E-state index < -0.39 is 0 Å². The highest BCUT2D eigenvalue weighted by Crippen LogP contribution is 2.49. The van der Waals surface area contributed by atoms with Crippen LogP contribution in [0.2, 0.25) is 0 Å². The number of hydrogen-bond donors (Lipinski definition) is 0. The van der Waals surface area contributed by atoms with Crippen LogP contribution < -0.4 is 19.3 Å². The predicted octanol–water partition coefficient (Wildman–Crippen LogP) is 14.4. The van der Waals surface area contributed by atoms with E-state index in [4.69, 9.17) is 19.4 Å². The van der Waals surface area contributed by atoms with Gasteiger partial charge in [0.1, 0.15) is 10.0 Å². The summed E-state index contributed by atoms with van der Waals surface area (Å²) in [6.45, 7) is 19.2. The van der Waals surface area contributed by atoms with Gasteiger partial charge in [0.15, 0.2) is 23.0 Å². The summed E-state index contributed by atoms with van der Waals surface area (Å²) in [6, 6.07) is 36.3. The van der Waals surface area contributed by atoms with E-state index in [0.29, 0.717) is 0 Å². The van der Waals surface area contributed by atoms with Crippen molar-refractivity contribution in [2.45, 2.75) is 20.8 Å². The molecule has 0 bridgehead atoms. The fourth-order valence-electron chi connectivity index (χ4n) is 6.52. The van der Waals surface area contributed by atoms with Gasteiger partial charge >= 0.3 is 0 Å². The Bertz CT molecular complexity index is 2590. The zero-order valence-corrected chi connectivity index (χ0v) is 32.5. The van der Waals surface area contributed by atoms with E-state index in [9.17, 15) is 0 Å². The molecule has 4 heterocycles. The molecule has 0 aliphatic carbocycles. The smallest absolute Gasteiger partial charge is 0.151 e. The van der Waals surface area contributed by atoms with Crippen molar-refractivity contribution in [1.82, 2.24) is 9.97 Å². The van der Waals surface area contributed by atoms with E-state index in [-0.39, 0.29) is 0 Å². The third-order valence-electron chi connectivity index (χ3n) is 9.09. The van der Waals surface area contributed by atoms with E-state index in [1.54, 1.807) is 22.7 Å². The molecule has 0 saturated heterocycles. The van der Waals surface area contributed by atoms with Crippen LogP contribution in [0.25, 0.3) is 31.6 Å². The van der Waals surface area contributed by atoms with Crippen molar-refractivity contribution in [3.63, 3.8) is 0 Å². The molecule has 0 fully saturated rings. The number of para-hydroxylation sites is 8. The maximum atomic E-state index is 6.20. The minimum atomic E-state index is 0.787. The lowest BCUT2D eigenvalue weighted by Gasteiger charge is -2.33. The minimum Gasteiger partial charge on any atom is -0.453 e. The quantitative estimate of drug-likeness (QED) is 0.144. The van der Waals surface area contributed by atoms with Gasteiger partial charge in [0.05, 0.1) is 43.2 Å². The second-order valence-corrected chi connectivity index (χ2v) is 14.6. The van der Waals surface area contributed by atoms with Crippen molar-refractivity contribution in [3.8, 4) is 23.0 Å². The third kappa shape index (κ3) is 6.67. The Labute approximate surface area is 329 Å². The predicted molar refractivity (Wildman–Crippen MR) is 234 cm³/mol. The summed E-state index contributed by atoms with van der Waals surface area (Å²) >= 11 is 3.22. The van der Waals surface area contributed by atoms with Gasteiger partial charge in [-0.1, -0.05) is 100 Å². The highest BCUT2D eigenvalue weighted by molar-refractivity contribution is 7.21. The van der Waals surface area contributed by atoms with Crippen molar-refractivity contribution < 1.29 is 9.47 Å². The number of fused-ring (bicyclic) bond motifs is 6. The van der Waals surface area contributed by atoms with E-state index in [1.807, 2.05) is 124 Å². The Morgan fingerprint density at radius 2 is 0.927 bits per heavy atom. The standard InChI is InChI=1S/C45H32N4O2S2.C2H6/c1-5-31(49-36-16-8-12-20-40(36)51-41-21-13-9-17-37(41)49)25-23-29(3)45-47-33-27-42-32(26-43(33)53-45)46-44(52-42)28(2)22-24-30(4)48-34-14-6-10-18-38(34)50-39-19-11-7-15-35(39)48;1-2/h5-27H,2-4H2,1H3;1-2H3/b24-22-,25-23-,31-5+;. The molecule has 7 aromatic rings. The van der Waals surface area contributed by atoms with Gasteiger partial charge in [-0.25, -0.2) is 9.97 Å². The van der Waals surface area contributed by atoms with Crippen LogP contribution in [0.3, 0.4) is 0 Å². The van der Waals surface area contributed by atoms with Gasteiger partial charge in [0.25, 0.3) is 0 Å². The normalized spacial score (nSPS) is 13.0.